The van der Waals surface area contributed by atoms with Gasteiger partial charge in [-0.25, -0.2) is 9.97 Å². The summed E-state index contributed by atoms with van der Waals surface area (Å²) < 4.78 is 0. The molecule has 0 saturated carbocycles. The van der Waals surface area contributed by atoms with E-state index in [2.05, 4.69) is 51.8 Å². The van der Waals surface area contributed by atoms with Crippen LogP contribution < -0.4 is 10.6 Å². The summed E-state index contributed by atoms with van der Waals surface area (Å²) in [5.74, 6) is 0.683. The predicted octanol–water partition coefficient (Wildman–Crippen LogP) is 2.76. The standard InChI is InChI=1S/C15H20N4/c1-3-16-15-18-10-13(11-19-15)9-17-12(2)14-7-5-4-6-8-14/h4-8,10-12,17H,3,9H2,1-2H3,(H,16,18,19)/t12-/m1/s1. The molecule has 0 aliphatic heterocycles. The van der Waals surface area contributed by atoms with E-state index in [9.17, 15) is 0 Å². The molecule has 1 aromatic carbocycles. The molecule has 2 aromatic rings. The summed E-state index contributed by atoms with van der Waals surface area (Å²) in [5.41, 5.74) is 2.37. The van der Waals surface area contributed by atoms with Gasteiger partial charge in [0.2, 0.25) is 5.95 Å². The first-order chi connectivity index (χ1) is 9.29. The quantitative estimate of drug-likeness (QED) is 0.834. The van der Waals surface area contributed by atoms with Gasteiger partial charge in [0.25, 0.3) is 0 Å². The van der Waals surface area contributed by atoms with Crippen LogP contribution in [0, 0.1) is 0 Å². The molecule has 1 atom stereocenters. The van der Waals surface area contributed by atoms with Crippen molar-refractivity contribution < 1.29 is 0 Å². The highest BCUT2D eigenvalue weighted by Gasteiger charge is 2.04. The minimum absolute atomic E-state index is 0.314. The van der Waals surface area contributed by atoms with Gasteiger partial charge in [-0.1, -0.05) is 30.3 Å². The first kappa shape index (κ1) is 13.5. The van der Waals surface area contributed by atoms with Crippen molar-refractivity contribution >= 4 is 5.95 Å². The van der Waals surface area contributed by atoms with E-state index >= 15 is 0 Å². The highest BCUT2D eigenvalue weighted by Crippen LogP contribution is 2.12. The summed E-state index contributed by atoms with van der Waals surface area (Å²) in [6.45, 7) is 5.79. The van der Waals surface area contributed by atoms with Gasteiger partial charge >= 0.3 is 0 Å². The average molecular weight is 256 g/mol. The lowest BCUT2D eigenvalue weighted by Gasteiger charge is -2.14. The lowest BCUT2D eigenvalue weighted by molar-refractivity contribution is 0.573. The highest BCUT2D eigenvalue weighted by atomic mass is 15.1. The van der Waals surface area contributed by atoms with Crippen LogP contribution in [0.4, 0.5) is 5.95 Å². The summed E-state index contributed by atoms with van der Waals surface area (Å²) >= 11 is 0. The molecule has 0 aliphatic carbocycles. The van der Waals surface area contributed by atoms with Crippen LogP contribution in [0.15, 0.2) is 42.7 Å². The van der Waals surface area contributed by atoms with Crippen LogP contribution in [0.25, 0.3) is 0 Å². The number of nitrogens with one attached hydrogen (secondary N) is 2. The van der Waals surface area contributed by atoms with Gasteiger partial charge < -0.3 is 10.6 Å². The Balaban J connectivity index is 1.88. The van der Waals surface area contributed by atoms with Crippen LogP contribution in [0.5, 0.6) is 0 Å². The molecule has 0 aliphatic rings. The molecule has 2 N–H and O–H groups in total. The number of aromatic nitrogens is 2. The molecular formula is C15H20N4. The molecule has 2 rings (SSSR count). The largest absolute Gasteiger partial charge is 0.355 e. The Morgan fingerprint density at radius 3 is 2.42 bits per heavy atom. The monoisotopic (exact) mass is 256 g/mol. The summed E-state index contributed by atoms with van der Waals surface area (Å²) in [7, 11) is 0. The van der Waals surface area contributed by atoms with Crippen LogP contribution in [-0.2, 0) is 6.54 Å². The van der Waals surface area contributed by atoms with Crippen LogP contribution >= 0.6 is 0 Å². The molecule has 0 radical (unpaired) electrons. The normalized spacial score (nSPS) is 12.1. The molecular weight excluding hydrogens is 236 g/mol. The smallest absolute Gasteiger partial charge is 0.222 e. The summed E-state index contributed by atoms with van der Waals surface area (Å²) in [4.78, 5) is 8.51. The van der Waals surface area contributed by atoms with Gasteiger partial charge in [-0.05, 0) is 19.4 Å². The Kier molecular flexibility index (Phi) is 4.86. The van der Waals surface area contributed by atoms with Gasteiger partial charge in [-0.3, -0.25) is 0 Å². The molecule has 0 fully saturated rings. The first-order valence-electron chi connectivity index (χ1n) is 6.62. The van der Waals surface area contributed by atoms with Crippen LogP contribution in [-0.4, -0.2) is 16.5 Å². The molecule has 4 heteroatoms. The van der Waals surface area contributed by atoms with Gasteiger partial charge in [0, 0.05) is 37.1 Å². The number of hydrogen-bond acceptors (Lipinski definition) is 4. The molecule has 4 nitrogen and oxygen atoms in total. The second-order valence-corrected chi connectivity index (χ2v) is 4.46. The van der Waals surface area contributed by atoms with Crippen molar-refractivity contribution in [1.29, 1.82) is 0 Å². The highest BCUT2D eigenvalue weighted by molar-refractivity contribution is 5.24. The maximum absolute atomic E-state index is 4.26. The molecule has 0 bridgehead atoms. The Bertz CT molecular complexity index is 481. The molecule has 1 aromatic heterocycles. The van der Waals surface area contributed by atoms with Crippen LogP contribution in [0.2, 0.25) is 0 Å². The molecule has 0 spiro atoms. The van der Waals surface area contributed by atoms with E-state index in [1.165, 1.54) is 5.56 Å². The van der Waals surface area contributed by atoms with Gasteiger partial charge in [-0.2, -0.15) is 0 Å². The van der Waals surface area contributed by atoms with E-state index in [4.69, 9.17) is 0 Å². The Hall–Kier alpha value is -1.94. The van der Waals surface area contributed by atoms with E-state index < -0.39 is 0 Å². The maximum atomic E-state index is 4.26. The molecule has 100 valence electrons. The van der Waals surface area contributed by atoms with E-state index in [0.717, 1.165) is 18.7 Å². The fraction of sp³-hybridized carbons (Fsp3) is 0.333. The summed E-state index contributed by atoms with van der Waals surface area (Å²) in [6, 6.07) is 10.7. The van der Waals surface area contributed by atoms with E-state index in [0.29, 0.717) is 12.0 Å². The average Bonchev–Trinajstić information content (AvgIpc) is 2.47. The number of anilines is 1. The number of benzene rings is 1. The van der Waals surface area contributed by atoms with Crippen LogP contribution in [0.1, 0.15) is 31.0 Å². The minimum Gasteiger partial charge on any atom is -0.355 e. The third-order valence-electron chi connectivity index (χ3n) is 2.95. The van der Waals surface area contributed by atoms with E-state index in [1.54, 1.807) is 0 Å². The number of rotatable bonds is 6. The molecule has 0 unspecified atom stereocenters. The van der Waals surface area contributed by atoms with E-state index in [-0.39, 0.29) is 0 Å². The molecule has 0 amide bonds. The van der Waals surface area contributed by atoms with Crippen molar-refractivity contribution in [1.82, 2.24) is 15.3 Å². The molecule has 1 heterocycles. The van der Waals surface area contributed by atoms with E-state index in [1.807, 2.05) is 25.4 Å². The fourth-order valence-corrected chi connectivity index (χ4v) is 1.83. The Labute approximate surface area is 114 Å². The SMILES string of the molecule is CCNc1ncc(CN[C@H](C)c2ccccc2)cn1. The predicted molar refractivity (Wildman–Crippen MR) is 77.9 cm³/mol. The van der Waals surface area contributed by atoms with Crippen molar-refractivity contribution in [3.8, 4) is 0 Å². The fourth-order valence-electron chi connectivity index (χ4n) is 1.83. The number of hydrogen-bond donors (Lipinski definition) is 2. The maximum Gasteiger partial charge on any atom is 0.222 e. The third kappa shape index (κ3) is 4.03. The minimum atomic E-state index is 0.314. The van der Waals surface area contributed by atoms with Gasteiger partial charge in [0.15, 0.2) is 0 Å². The van der Waals surface area contributed by atoms with Crippen molar-refractivity contribution in [2.45, 2.75) is 26.4 Å². The summed E-state index contributed by atoms with van der Waals surface area (Å²) in [5, 5.41) is 6.55. The zero-order chi connectivity index (χ0) is 13.5. The third-order valence-corrected chi connectivity index (χ3v) is 2.95. The zero-order valence-electron chi connectivity index (χ0n) is 11.4. The lowest BCUT2D eigenvalue weighted by atomic mass is 10.1. The summed E-state index contributed by atoms with van der Waals surface area (Å²) in [6.07, 6.45) is 3.71. The first-order valence-corrected chi connectivity index (χ1v) is 6.62. The Morgan fingerprint density at radius 1 is 1.11 bits per heavy atom. The number of nitrogens with zero attached hydrogens (tertiary/aromatic N) is 2. The van der Waals surface area contributed by atoms with Gasteiger partial charge in [-0.15, -0.1) is 0 Å². The topological polar surface area (TPSA) is 49.8 Å². The van der Waals surface area contributed by atoms with Crippen LogP contribution in [0.3, 0.4) is 0 Å². The second kappa shape index (κ2) is 6.85. The Morgan fingerprint density at radius 2 is 1.79 bits per heavy atom. The molecule has 0 saturated heterocycles. The van der Waals surface area contributed by atoms with Crippen molar-refractivity contribution in [2.24, 2.45) is 0 Å². The van der Waals surface area contributed by atoms with Gasteiger partial charge in [0.05, 0.1) is 0 Å². The van der Waals surface area contributed by atoms with Crippen molar-refractivity contribution in [3.05, 3.63) is 53.9 Å². The molecule has 19 heavy (non-hydrogen) atoms. The zero-order valence-corrected chi connectivity index (χ0v) is 11.4. The second-order valence-electron chi connectivity index (χ2n) is 4.46. The van der Waals surface area contributed by atoms with Crippen molar-refractivity contribution in [3.63, 3.8) is 0 Å². The van der Waals surface area contributed by atoms with Crippen molar-refractivity contribution in [2.75, 3.05) is 11.9 Å². The lowest BCUT2D eigenvalue weighted by Crippen LogP contribution is -2.18. The van der Waals surface area contributed by atoms with Gasteiger partial charge in [0.1, 0.15) is 0 Å².